The number of hydrogen-bond acceptors (Lipinski definition) is 3. The largest absolute Gasteiger partial charge is 0.383 e. The standard InChI is InChI=1S/C19H35N5O.HI/c1-6-19(9-8-10-19)14-22-18(20-7-2)21-13-17-15(3)23-24(16(17)4)11-12-25-5;/h6-14H2,1-5H3,(H2,20,21,22);1H. The van der Waals surface area contributed by atoms with Crippen molar-refractivity contribution in [3.8, 4) is 0 Å². The summed E-state index contributed by atoms with van der Waals surface area (Å²) in [6, 6.07) is 0. The second-order valence-electron chi connectivity index (χ2n) is 7.12. The summed E-state index contributed by atoms with van der Waals surface area (Å²) in [7, 11) is 1.72. The molecule has 0 bridgehead atoms. The number of aryl methyl sites for hydroxylation is 1. The molecule has 0 saturated heterocycles. The zero-order chi connectivity index (χ0) is 18.3. The molecule has 0 radical (unpaired) electrons. The summed E-state index contributed by atoms with van der Waals surface area (Å²) in [6.07, 6.45) is 5.27. The van der Waals surface area contributed by atoms with Gasteiger partial charge in [0.25, 0.3) is 0 Å². The van der Waals surface area contributed by atoms with Crippen LogP contribution in [0, 0.1) is 19.3 Å². The highest BCUT2D eigenvalue weighted by Gasteiger charge is 2.34. The van der Waals surface area contributed by atoms with Crippen molar-refractivity contribution in [2.75, 3.05) is 26.8 Å². The highest BCUT2D eigenvalue weighted by atomic mass is 127. The SMILES string of the molecule is CCNC(=NCc1c(C)nn(CCOC)c1C)NCC1(CC)CCC1.I. The summed E-state index contributed by atoms with van der Waals surface area (Å²) in [5, 5.41) is 11.5. The average molecular weight is 477 g/mol. The van der Waals surface area contributed by atoms with E-state index >= 15 is 0 Å². The van der Waals surface area contributed by atoms with E-state index in [4.69, 9.17) is 9.73 Å². The van der Waals surface area contributed by atoms with Crippen LogP contribution in [0.15, 0.2) is 4.99 Å². The summed E-state index contributed by atoms with van der Waals surface area (Å²) in [6.45, 7) is 12.6. The second-order valence-corrected chi connectivity index (χ2v) is 7.12. The van der Waals surface area contributed by atoms with Crippen molar-refractivity contribution in [1.82, 2.24) is 20.4 Å². The average Bonchev–Trinajstić information content (AvgIpc) is 2.83. The van der Waals surface area contributed by atoms with E-state index in [1.165, 1.54) is 36.9 Å². The van der Waals surface area contributed by atoms with E-state index in [0.717, 1.165) is 31.3 Å². The summed E-state index contributed by atoms with van der Waals surface area (Å²) < 4.78 is 7.18. The Kier molecular flexibility index (Phi) is 9.92. The molecule has 0 aromatic carbocycles. The molecular weight excluding hydrogens is 441 g/mol. The molecule has 2 N–H and O–H groups in total. The highest BCUT2D eigenvalue weighted by molar-refractivity contribution is 14.0. The zero-order valence-electron chi connectivity index (χ0n) is 17.0. The van der Waals surface area contributed by atoms with Gasteiger partial charge in [-0.2, -0.15) is 5.10 Å². The van der Waals surface area contributed by atoms with E-state index in [0.29, 0.717) is 18.6 Å². The number of halogens is 1. The third-order valence-electron chi connectivity index (χ3n) is 5.57. The van der Waals surface area contributed by atoms with Crippen LogP contribution in [0.3, 0.4) is 0 Å². The summed E-state index contributed by atoms with van der Waals surface area (Å²) in [5.74, 6) is 0.908. The van der Waals surface area contributed by atoms with Gasteiger partial charge in [-0.1, -0.05) is 13.3 Å². The van der Waals surface area contributed by atoms with Crippen LogP contribution in [-0.4, -0.2) is 42.5 Å². The molecule has 0 aliphatic heterocycles. The summed E-state index contributed by atoms with van der Waals surface area (Å²) in [4.78, 5) is 4.80. The Bertz CT molecular complexity index is 575. The van der Waals surface area contributed by atoms with Crippen LogP contribution in [0.5, 0.6) is 0 Å². The van der Waals surface area contributed by atoms with Crippen LogP contribution in [-0.2, 0) is 17.8 Å². The van der Waals surface area contributed by atoms with Crippen molar-refractivity contribution in [1.29, 1.82) is 0 Å². The van der Waals surface area contributed by atoms with Crippen LogP contribution >= 0.6 is 24.0 Å². The molecule has 2 rings (SSSR count). The first-order valence-corrected chi connectivity index (χ1v) is 9.59. The zero-order valence-corrected chi connectivity index (χ0v) is 19.4. The smallest absolute Gasteiger partial charge is 0.191 e. The van der Waals surface area contributed by atoms with Gasteiger partial charge in [0, 0.05) is 31.5 Å². The predicted molar refractivity (Wildman–Crippen MR) is 118 cm³/mol. The van der Waals surface area contributed by atoms with Gasteiger partial charge in [0.15, 0.2) is 5.96 Å². The number of aliphatic imine (C=N–C) groups is 1. The minimum Gasteiger partial charge on any atom is -0.383 e. The number of aromatic nitrogens is 2. The van der Waals surface area contributed by atoms with E-state index in [-0.39, 0.29) is 24.0 Å². The number of nitrogens with one attached hydrogen (secondary N) is 2. The fourth-order valence-corrected chi connectivity index (χ4v) is 3.46. The molecule has 0 atom stereocenters. The second kappa shape index (κ2) is 11.1. The van der Waals surface area contributed by atoms with Crippen molar-refractivity contribution in [3.63, 3.8) is 0 Å². The van der Waals surface area contributed by atoms with Crippen LogP contribution in [0.25, 0.3) is 0 Å². The summed E-state index contributed by atoms with van der Waals surface area (Å²) >= 11 is 0. The van der Waals surface area contributed by atoms with Crippen molar-refractivity contribution in [3.05, 3.63) is 17.0 Å². The Morgan fingerprint density at radius 3 is 2.54 bits per heavy atom. The molecule has 0 unspecified atom stereocenters. The molecule has 1 aliphatic carbocycles. The Morgan fingerprint density at radius 2 is 2.00 bits per heavy atom. The van der Waals surface area contributed by atoms with Gasteiger partial charge in [0.05, 0.1) is 25.4 Å². The number of guanidine groups is 1. The molecule has 1 aliphatic rings. The number of methoxy groups -OCH3 is 1. The Labute approximate surface area is 175 Å². The fraction of sp³-hybridized carbons (Fsp3) is 0.789. The topological polar surface area (TPSA) is 63.5 Å². The Morgan fingerprint density at radius 1 is 1.27 bits per heavy atom. The van der Waals surface area contributed by atoms with Gasteiger partial charge in [-0.3, -0.25) is 4.68 Å². The lowest BCUT2D eigenvalue weighted by Crippen LogP contribution is -2.46. The maximum Gasteiger partial charge on any atom is 0.191 e. The lowest BCUT2D eigenvalue weighted by molar-refractivity contribution is 0.131. The number of rotatable bonds is 9. The first-order chi connectivity index (χ1) is 12.0. The van der Waals surface area contributed by atoms with Gasteiger partial charge in [-0.25, -0.2) is 4.99 Å². The molecule has 6 nitrogen and oxygen atoms in total. The molecule has 1 aromatic rings. The minimum absolute atomic E-state index is 0. The van der Waals surface area contributed by atoms with Crippen LogP contribution in [0.1, 0.15) is 56.5 Å². The van der Waals surface area contributed by atoms with E-state index in [2.05, 4.69) is 43.4 Å². The number of nitrogens with zero attached hydrogens (tertiary/aromatic N) is 3. The molecule has 0 spiro atoms. The molecular formula is C19H36IN5O. The Balaban J connectivity index is 0.00000338. The fourth-order valence-electron chi connectivity index (χ4n) is 3.46. The molecule has 1 heterocycles. The normalized spacial score (nSPS) is 16.0. The van der Waals surface area contributed by atoms with Gasteiger partial charge >= 0.3 is 0 Å². The van der Waals surface area contributed by atoms with Crippen molar-refractivity contribution in [2.24, 2.45) is 10.4 Å². The first-order valence-electron chi connectivity index (χ1n) is 9.59. The van der Waals surface area contributed by atoms with Crippen LogP contribution in [0.4, 0.5) is 0 Å². The predicted octanol–water partition coefficient (Wildman–Crippen LogP) is 3.40. The monoisotopic (exact) mass is 477 g/mol. The van der Waals surface area contributed by atoms with Gasteiger partial charge in [-0.05, 0) is 45.4 Å². The molecule has 1 aromatic heterocycles. The molecule has 1 saturated carbocycles. The number of ether oxygens (including phenoxy) is 1. The third kappa shape index (κ3) is 5.84. The quantitative estimate of drug-likeness (QED) is 0.325. The maximum atomic E-state index is 5.16. The molecule has 7 heteroatoms. The van der Waals surface area contributed by atoms with Gasteiger partial charge < -0.3 is 15.4 Å². The van der Waals surface area contributed by atoms with Crippen LogP contribution < -0.4 is 10.6 Å². The highest BCUT2D eigenvalue weighted by Crippen LogP contribution is 2.42. The number of hydrogen-bond donors (Lipinski definition) is 2. The maximum absolute atomic E-state index is 5.16. The van der Waals surface area contributed by atoms with E-state index < -0.39 is 0 Å². The lowest BCUT2D eigenvalue weighted by atomic mass is 9.67. The van der Waals surface area contributed by atoms with E-state index in [9.17, 15) is 0 Å². The molecule has 26 heavy (non-hydrogen) atoms. The van der Waals surface area contributed by atoms with E-state index in [1.807, 2.05) is 4.68 Å². The Hall–Kier alpha value is -0.830. The van der Waals surface area contributed by atoms with Gasteiger partial charge in [0.2, 0.25) is 0 Å². The molecule has 0 amide bonds. The molecule has 150 valence electrons. The molecule has 1 fully saturated rings. The minimum atomic E-state index is 0. The van der Waals surface area contributed by atoms with Gasteiger partial charge in [0.1, 0.15) is 0 Å². The van der Waals surface area contributed by atoms with Crippen molar-refractivity contribution in [2.45, 2.75) is 66.5 Å². The van der Waals surface area contributed by atoms with Crippen molar-refractivity contribution >= 4 is 29.9 Å². The van der Waals surface area contributed by atoms with Crippen molar-refractivity contribution < 1.29 is 4.74 Å². The lowest BCUT2D eigenvalue weighted by Gasteiger charge is -2.41. The van der Waals surface area contributed by atoms with E-state index in [1.54, 1.807) is 7.11 Å². The summed E-state index contributed by atoms with van der Waals surface area (Å²) in [5.41, 5.74) is 3.92. The van der Waals surface area contributed by atoms with Crippen LogP contribution in [0.2, 0.25) is 0 Å². The van der Waals surface area contributed by atoms with Gasteiger partial charge in [-0.15, -0.1) is 24.0 Å². The first kappa shape index (κ1) is 23.2. The third-order valence-corrected chi connectivity index (χ3v) is 5.57.